The zero-order valence-electron chi connectivity index (χ0n) is 14.1. The minimum atomic E-state index is -0.210. The van der Waals surface area contributed by atoms with Crippen LogP contribution >= 0.6 is 0 Å². The lowest BCUT2D eigenvalue weighted by molar-refractivity contribution is -0.0787. The van der Waals surface area contributed by atoms with Gasteiger partial charge in [-0.25, -0.2) is 0 Å². The van der Waals surface area contributed by atoms with E-state index in [2.05, 4.69) is 39.6 Å². The molecule has 1 saturated heterocycles. The number of ether oxygens (including phenoxy) is 1. The van der Waals surface area contributed by atoms with Crippen molar-refractivity contribution in [2.45, 2.75) is 89.5 Å². The molecule has 1 aliphatic carbocycles. The molecule has 118 valence electrons. The highest BCUT2D eigenvalue weighted by atomic mass is 16.5. The van der Waals surface area contributed by atoms with E-state index in [1.807, 2.05) is 0 Å². The number of hydrogen-bond acceptors (Lipinski definition) is 3. The maximum atomic E-state index is 6.49. The van der Waals surface area contributed by atoms with Crippen molar-refractivity contribution in [2.24, 2.45) is 11.7 Å². The van der Waals surface area contributed by atoms with E-state index in [1.54, 1.807) is 0 Å². The van der Waals surface area contributed by atoms with Crippen LogP contribution in [0.15, 0.2) is 0 Å². The quantitative estimate of drug-likeness (QED) is 0.808. The van der Waals surface area contributed by atoms with Crippen LogP contribution in [0.5, 0.6) is 0 Å². The first-order valence-electron chi connectivity index (χ1n) is 8.40. The van der Waals surface area contributed by atoms with E-state index in [0.29, 0.717) is 5.92 Å². The van der Waals surface area contributed by atoms with Crippen molar-refractivity contribution in [1.82, 2.24) is 4.90 Å². The summed E-state index contributed by atoms with van der Waals surface area (Å²) < 4.78 is 6.22. The van der Waals surface area contributed by atoms with Gasteiger partial charge >= 0.3 is 0 Å². The monoisotopic (exact) mass is 282 g/mol. The smallest absolute Gasteiger partial charge is 0.0788 e. The summed E-state index contributed by atoms with van der Waals surface area (Å²) in [6.45, 7) is 9.72. The number of nitrogens with two attached hydrogens (primary N) is 1. The van der Waals surface area contributed by atoms with Gasteiger partial charge in [0.1, 0.15) is 0 Å². The molecule has 3 heteroatoms. The van der Waals surface area contributed by atoms with Gasteiger partial charge in [0, 0.05) is 24.5 Å². The van der Waals surface area contributed by atoms with Crippen LogP contribution in [-0.2, 0) is 4.74 Å². The Labute approximate surface area is 125 Å². The topological polar surface area (TPSA) is 38.5 Å². The van der Waals surface area contributed by atoms with E-state index in [9.17, 15) is 0 Å². The Bertz CT molecular complexity index is 319. The molecule has 0 amide bonds. The van der Waals surface area contributed by atoms with Crippen molar-refractivity contribution in [3.05, 3.63) is 0 Å². The van der Waals surface area contributed by atoms with Crippen molar-refractivity contribution in [3.63, 3.8) is 0 Å². The molecule has 2 N–H and O–H groups in total. The summed E-state index contributed by atoms with van der Waals surface area (Å²) in [6, 6.07) is 0.856. The second-order valence-electron chi connectivity index (χ2n) is 8.03. The van der Waals surface area contributed by atoms with Crippen molar-refractivity contribution in [3.8, 4) is 0 Å². The van der Waals surface area contributed by atoms with Crippen molar-refractivity contribution in [2.75, 3.05) is 13.6 Å². The third-order valence-electron chi connectivity index (χ3n) is 5.59. The van der Waals surface area contributed by atoms with Gasteiger partial charge in [0.2, 0.25) is 0 Å². The fraction of sp³-hybridized carbons (Fsp3) is 1.00. The van der Waals surface area contributed by atoms with Crippen LogP contribution in [0.2, 0.25) is 0 Å². The molecule has 0 radical (unpaired) electrons. The molecule has 2 rings (SSSR count). The highest BCUT2D eigenvalue weighted by molar-refractivity contribution is 5.04. The van der Waals surface area contributed by atoms with Crippen LogP contribution in [0.1, 0.15) is 66.2 Å². The average molecular weight is 282 g/mol. The third-order valence-corrected chi connectivity index (χ3v) is 5.59. The Kier molecular flexibility index (Phi) is 4.83. The third kappa shape index (κ3) is 3.37. The summed E-state index contributed by atoms with van der Waals surface area (Å²) in [5.41, 5.74) is 6.16. The molecule has 1 heterocycles. The van der Waals surface area contributed by atoms with E-state index in [4.69, 9.17) is 10.5 Å². The average Bonchev–Trinajstić information content (AvgIpc) is 2.58. The van der Waals surface area contributed by atoms with Crippen LogP contribution in [-0.4, -0.2) is 41.8 Å². The predicted octanol–water partition coefficient (Wildman–Crippen LogP) is 3.17. The Hall–Kier alpha value is -0.120. The molecule has 2 atom stereocenters. The fourth-order valence-electron chi connectivity index (χ4n) is 4.23. The van der Waals surface area contributed by atoms with E-state index in [1.165, 1.54) is 38.5 Å². The van der Waals surface area contributed by atoms with Gasteiger partial charge in [0.05, 0.1) is 11.2 Å². The van der Waals surface area contributed by atoms with Crippen LogP contribution in [0.4, 0.5) is 0 Å². The molecule has 1 aliphatic heterocycles. The first-order chi connectivity index (χ1) is 9.24. The van der Waals surface area contributed by atoms with Gasteiger partial charge < -0.3 is 15.4 Å². The molecule has 20 heavy (non-hydrogen) atoms. The van der Waals surface area contributed by atoms with Crippen molar-refractivity contribution >= 4 is 0 Å². The van der Waals surface area contributed by atoms with Gasteiger partial charge in [0.15, 0.2) is 0 Å². The summed E-state index contributed by atoms with van der Waals surface area (Å²) in [6.07, 6.45) is 8.30. The minimum Gasteiger partial charge on any atom is -0.368 e. The molecule has 1 saturated carbocycles. The maximum absolute atomic E-state index is 6.49. The van der Waals surface area contributed by atoms with Gasteiger partial charge in [-0.2, -0.15) is 0 Å². The Morgan fingerprint density at radius 1 is 1.00 bits per heavy atom. The summed E-state index contributed by atoms with van der Waals surface area (Å²) in [7, 11) is 2.28. The Morgan fingerprint density at radius 2 is 1.55 bits per heavy atom. The number of rotatable bonds is 3. The van der Waals surface area contributed by atoms with Gasteiger partial charge in [-0.1, -0.05) is 25.7 Å². The number of hydrogen-bond donors (Lipinski definition) is 1. The zero-order chi connectivity index (χ0) is 15.0. The van der Waals surface area contributed by atoms with E-state index in [0.717, 1.165) is 12.6 Å². The molecule has 0 aromatic heterocycles. The summed E-state index contributed by atoms with van der Waals surface area (Å²) in [4.78, 5) is 2.56. The molecule has 0 aromatic rings. The van der Waals surface area contributed by atoms with Gasteiger partial charge in [-0.3, -0.25) is 0 Å². The summed E-state index contributed by atoms with van der Waals surface area (Å²) in [5.74, 6) is 0.408. The molecular formula is C17H34N2O. The molecule has 2 aliphatic rings. The molecule has 2 fully saturated rings. The van der Waals surface area contributed by atoms with Crippen LogP contribution in [0, 0.1) is 5.92 Å². The Balaban J connectivity index is 2.00. The molecule has 0 bridgehead atoms. The highest BCUT2D eigenvalue weighted by Crippen LogP contribution is 2.41. The van der Waals surface area contributed by atoms with E-state index < -0.39 is 0 Å². The lowest BCUT2D eigenvalue weighted by atomic mass is 9.82. The summed E-state index contributed by atoms with van der Waals surface area (Å²) in [5, 5.41) is 0. The van der Waals surface area contributed by atoms with Gasteiger partial charge in [0.25, 0.3) is 0 Å². The van der Waals surface area contributed by atoms with Crippen molar-refractivity contribution < 1.29 is 4.74 Å². The van der Waals surface area contributed by atoms with Gasteiger partial charge in [-0.05, 0) is 47.6 Å². The maximum Gasteiger partial charge on any atom is 0.0788 e. The van der Waals surface area contributed by atoms with Crippen LogP contribution in [0.3, 0.4) is 0 Å². The van der Waals surface area contributed by atoms with E-state index >= 15 is 0 Å². The largest absolute Gasteiger partial charge is 0.368 e. The Morgan fingerprint density at radius 3 is 2.00 bits per heavy atom. The van der Waals surface area contributed by atoms with Crippen molar-refractivity contribution in [1.29, 1.82) is 0 Å². The first-order valence-corrected chi connectivity index (χ1v) is 8.40. The van der Waals surface area contributed by atoms with Crippen LogP contribution in [0.25, 0.3) is 0 Å². The second kappa shape index (κ2) is 5.94. The fourth-order valence-corrected chi connectivity index (χ4v) is 4.23. The lowest BCUT2D eigenvalue weighted by Gasteiger charge is -2.35. The minimum absolute atomic E-state index is 0.116. The summed E-state index contributed by atoms with van der Waals surface area (Å²) >= 11 is 0. The zero-order valence-corrected chi connectivity index (χ0v) is 14.1. The standard InChI is InChI=1S/C17H34N2O/c1-16(2)14(15(18)17(3,4)20-16)12-19(5)13-10-8-6-7-9-11-13/h13-15H,6-12,18H2,1-5H3. The molecular weight excluding hydrogens is 248 g/mol. The number of nitrogens with zero attached hydrogens (tertiary/aromatic N) is 1. The SMILES string of the molecule is CN(CC1C(N)C(C)(C)OC1(C)C)C1CCCCCC1. The lowest BCUT2D eigenvalue weighted by Crippen LogP contribution is -2.49. The normalized spacial score (nSPS) is 34.4. The van der Waals surface area contributed by atoms with Gasteiger partial charge in [-0.15, -0.1) is 0 Å². The first kappa shape index (κ1) is 16.3. The molecule has 2 unspecified atom stereocenters. The molecule has 0 spiro atoms. The predicted molar refractivity (Wildman–Crippen MR) is 84.8 cm³/mol. The second-order valence-corrected chi connectivity index (χ2v) is 8.03. The van der Waals surface area contributed by atoms with E-state index in [-0.39, 0.29) is 17.2 Å². The van der Waals surface area contributed by atoms with Crippen LogP contribution < -0.4 is 5.73 Å². The molecule has 3 nitrogen and oxygen atoms in total. The molecule has 0 aromatic carbocycles. The highest BCUT2D eigenvalue weighted by Gasteiger charge is 2.52.